The van der Waals surface area contributed by atoms with Crippen LogP contribution in [0.2, 0.25) is 0 Å². The van der Waals surface area contributed by atoms with Crippen molar-refractivity contribution in [2.75, 3.05) is 14.2 Å². The zero-order chi connectivity index (χ0) is 14.0. The van der Waals surface area contributed by atoms with Gasteiger partial charge in [0.2, 0.25) is 5.78 Å². The monoisotopic (exact) mass is 340 g/mol. The van der Waals surface area contributed by atoms with Crippen LogP contribution in [0.1, 0.15) is 20.8 Å². The number of halogens is 1. The van der Waals surface area contributed by atoms with Gasteiger partial charge >= 0.3 is 0 Å². The molecule has 0 spiro atoms. The molecule has 0 unspecified atom stereocenters. The van der Waals surface area contributed by atoms with Gasteiger partial charge in [0.25, 0.3) is 0 Å². The molecule has 0 N–H and O–H groups in total. The van der Waals surface area contributed by atoms with Crippen molar-refractivity contribution >= 4 is 33.0 Å². The Balaban J connectivity index is 2.51. The van der Waals surface area contributed by atoms with Crippen LogP contribution in [0.5, 0.6) is 11.5 Å². The SMILES string of the molecule is COc1cc(Br)c(C(=O)c2sccc2C)cc1OC. The molecule has 5 heteroatoms. The number of rotatable bonds is 4. The molecule has 1 aromatic carbocycles. The molecule has 19 heavy (non-hydrogen) atoms. The highest BCUT2D eigenvalue weighted by Gasteiger charge is 2.19. The number of thiophene rings is 1. The Hall–Kier alpha value is -1.33. The fourth-order valence-corrected chi connectivity index (χ4v) is 3.14. The predicted molar refractivity (Wildman–Crippen MR) is 79.7 cm³/mol. The minimum absolute atomic E-state index is 0.0136. The predicted octanol–water partition coefficient (Wildman–Crippen LogP) is 4.07. The minimum atomic E-state index is -0.0136. The molecule has 0 bridgehead atoms. The second-order valence-corrected chi connectivity index (χ2v) is 5.72. The Bertz CT molecular complexity index is 619. The summed E-state index contributed by atoms with van der Waals surface area (Å²) < 4.78 is 11.1. The first-order chi connectivity index (χ1) is 9.08. The zero-order valence-corrected chi connectivity index (χ0v) is 13.2. The lowest BCUT2D eigenvalue weighted by Gasteiger charge is -2.11. The summed E-state index contributed by atoms with van der Waals surface area (Å²) in [5.74, 6) is 1.12. The second kappa shape index (κ2) is 5.75. The summed E-state index contributed by atoms with van der Waals surface area (Å²) >= 11 is 4.85. The average Bonchev–Trinajstić information content (AvgIpc) is 2.83. The molecule has 2 rings (SSSR count). The second-order valence-electron chi connectivity index (χ2n) is 3.95. The molecule has 1 heterocycles. The quantitative estimate of drug-likeness (QED) is 0.787. The maximum atomic E-state index is 12.5. The highest BCUT2D eigenvalue weighted by molar-refractivity contribution is 9.10. The van der Waals surface area contributed by atoms with E-state index in [-0.39, 0.29) is 5.78 Å². The fourth-order valence-electron chi connectivity index (χ4n) is 1.76. The van der Waals surface area contributed by atoms with Crippen LogP contribution in [-0.2, 0) is 0 Å². The van der Waals surface area contributed by atoms with Crippen LogP contribution in [0, 0.1) is 6.92 Å². The van der Waals surface area contributed by atoms with Crippen LogP contribution in [0.3, 0.4) is 0 Å². The van der Waals surface area contributed by atoms with E-state index in [0.29, 0.717) is 21.5 Å². The van der Waals surface area contributed by atoms with Crippen molar-refractivity contribution in [3.63, 3.8) is 0 Å². The fraction of sp³-hybridized carbons (Fsp3) is 0.214. The molecule has 0 aliphatic heterocycles. The maximum Gasteiger partial charge on any atom is 0.204 e. The molecule has 0 saturated carbocycles. The number of aryl methyl sites for hydroxylation is 1. The number of carbonyl (C=O) groups is 1. The van der Waals surface area contributed by atoms with Gasteiger partial charge in [0.1, 0.15) is 0 Å². The molecule has 1 aromatic heterocycles. The largest absolute Gasteiger partial charge is 0.493 e. The van der Waals surface area contributed by atoms with E-state index in [9.17, 15) is 4.79 Å². The Kier molecular flexibility index (Phi) is 4.27. The zero-order valence-electron chi connectivity index (χ0n) is 10.8. The molecule has 0 fully saturated rings. The molecular weight excluding hydrogens is 328 g/mol. The first-order valence-corrected chi connectivity index (χ1v) is 7.26. The van der Waals surface area contributed by atoms with Crippen molar-refractivity contribution < 1.29 is 14.3 Å². The highest BCUT2D eigenvalue weighted by atomic mass is 79.9. The number of hydrogen-bond donors (Lipinski definition) is 0. The molecular formula is C14H13BrO3S. The first kappa shape index (κ1) is 14.1. The number of ketones is 1. The molecule has 0 radical (unpaired) electrons. The maximum absolute atomic E-state index is 12.5. The normalized spacial score (nSPS) is 10.3. The van der Waals surface area contributed by atoms with Gasteiger partial charge in [-0.1, -0.05) is 0 Å². The average molecular weight is 341 g/mol. The van der Waals surface area contributed by atoms with Crippen LogP contribution < -0.4 is 9.47 Å². The van der Waals surface area contributed by atoms with Gasteiger partial charge in [0.05, 0.1) is 19.1 Å². The van der Waals surface area contributed by atoms with Crippen molar-refractivity contribution in [1.82, 2.24) is 0 Å². The van der Waals surface area contributed by atoms with Gasteiger partial charge in [0, 0.05) is 10.0 Å². The number of hydrogen-bond acceptors (Lipinski definition) is 4. The van der Waals surface area contributed by atoms with Crippen LogP contribution in [-0.4, -0.2) is 20.0 Å². The van der Waals surface area contributed by atoms with Gasteiger partial charge in [-0.3, -0.25) is 4.79 Å². The molecule has 3 nitrogen and oxygen atoms in total. The summed E-state index contributed by atoms with van der Waals surface area (Å²) in [6.07, 6.45) is 0. The molecule has 0 aliphatic carbocycles. The van der Waals surface area contributed by atoms with E-state index in [1.807, 2.05) is 18.4 Å². The number of benzene rings is 1. The highest BCUT2D eigenvalue weighted by Crippen LogP contribution is 2.35. The van der Waals surface area contributed by atoms with Crippen LogP contribution in [0.4, 0.5) is 0 Å². The topological polar surface area (TPSA) is 35.5 Å². The Morgan fingerprint density at radius 3 is 2.37 bits per heavy atom. The summed E-state index contributed by atoms with van der Waals surface area (Å²) in [7, 11) is 3.12. The van der Waals surface area contributed by atoms with Gasteiger partial charge in [-0.05, 0) is 52.0 Å². The summed E-state index contributed by atoms with van der Waals surface area (Å²) in [4.78, 5) is 13.2. The molecule has 2 aromatic rings. The van der Waals surface area contributed by atoms with E-state index in [1.165, 1.54) is 11.3 Å². The summed E-state index contributed by atoms with van der Waals surface area (Å²) in [5, 5.41) is 1.91. The van der Waals surface area contributed by atoms with E-state index < -0.39 is 0 Å². The number of carbonyl (C=O) groups excluding carboxylic acids is 1. The lowest BCUT2D eigenvalue weighted by atomic mass is 10.1. The van der Waals surface area contributed by atoms with E-state index >= 15 is 0 Å². The first-order valence-electron chi connectivity index (χ1n) is 5.58. The standard InChI is InChI=1S/C14H13BrO3S/c1-8-4-5-19-14(8)13(16)9-6-11(17-2)12(18-3)7-10(9)15/h4-7H,1-3H3. The molecule has 0 atom stereocenters. The summed E-state index contributed by atoms with van der Waals surface area (Å²) in [6.45, 7) is 1.93. The van der Waals surface area contributed by atoms with Crippen molar-refractivity contribution in [1.29, 1.82) is 0 Å². The number of methoxy groups -OCH3 is 2. The molecule has 0 aliphatic rings. The van der Waals surface area contributed by atoms with Crippen LogP contribution in [0.15, 0.2) is 28.1 Å². The Labute approximate surface area is 124 Å². The Morgan fingerprint density at radius 1 is 1.21 bits per heavy atom. The third-order valence-electron chi connectivity index (χ3n) is 2.79. The van der Waals surface area contributed by atoms with E-state index in [2.05, 4.69) is 15.9 Å². The molecule has 0 amide bonds. The van der Waals surface area contributed by atoms with Crippen molar-refractivity contribution in [3.8, 4) is 11.5 Å². The third-order valence-corrected chi connectivity index (χ3v) is 4.46. The Morgan fingerprint density at radius 2 is 1.84 bits per heavy atom. The van der Waals surface area contributed by atoms with Gasteiger partial charge in [-0.15, -0.1) is 11.3 Å². The van der Waals surface area contributed by atoms with E-state index in [1.54, 1.807) is 26.4 Å². The van der Waals surface area contributed by atoms with E-state index in [0.717, 1.165) is 10.4 Å². The third kappa shape index (κ3) is 2.67. The molecule has 0 saturated heterocycles. The van der Waals surface area contributed by atoms with Gasteiger partial charge in [-0.25, -0.2) is 0 Å². The number of ether oxygens (including phenoxy) is 2. The lowest BCUT2D eigenvalue weighted by Crippen LogP contribution is -2.03. The lowest BCUT2D eigenvalue weighted by molar-refractivity contribution is 0.104. The minimum Gasteiger partial charge on any atom is -0.493 e. The van der Waals surface area contributed by atoms with Gasteiger partial charge < -0.3 is 9.47 Å². The van der Waals surface area contributed by atoms with Crippen molar-refractivity contribution in [2.24, 2.45) is 0 Å². The van der Waals surface area contributed by atoms with Gasteiger partial charge in [-0.2, -0.15) is 0 Å². The van der Waals surface area contributed by atoms with E-state index in [4.69, 9.17) is 9.47 Å². The van der Waals surface area contributed by atoms with Gasteiger partial charge in [0.15, 0.2) is 11.5 Å². The summed E-state index contributed by atoms with van der Waals surface area (Å²) in [6, 6.07) is 5.38. The molecule has 100 valence electrons. The van der Waals surface area contributed by atoms with Crippen molar-refractivity contribution in [2.45, 2.75) is 6.92 Å². The van der Waals surface area contributed by atoms with Crippen LogP contribution in [0.25, 0.3) is 0 Å². The smallest absolute Gasteiger partial charge is 0.204 e. The van der Waals surface area contributed by atoms with Crippen molar-refractivity contribution in [3.05, 3.63) is 44.1 Å². The van der Waals surface area contributed by atoms with Crippen LogP contribution >= 0.6 is 27.3 Å². The summed E-state index contributed by atoms with van der Waals surface area (Å²) in [5.41, 5.74) is 1.56.